The number of nitrogens with one attached hydrogen (secondary N) is 1. The van der Waals surface area contributed by atoms with Crippen molar-refractivity contribution in [2.75, 3.05) is 0 Å². The highest BCUT2D eigenvalue weighted by Crippen LogP contribution is 1.91. The topological polar surface area (TPSA) is 80.6 Å². The summed E-state index contributed by atoms with van der Waals surface area (Å²) < 4.78 is 1.58. The number of aromatic nitrogens is 3. The maximum Gasteiger partial charge on any atom is 0.216 e. The summed E-state index contributed by atoms with van der Waals surface area (Å²) in [6, 6.07) is 0. The van der Waals surface area contributed by atoms with Crippen molar-refractivity contribution in [2.45, 2.75) is 6.92 Å². The molecule has 1 rings (SSSR count). The highest BCUT2D eigenvalue weighted by Gasteiger charge is 2.03. The molecule has 0 unspecified atom stereocenters. The lowest BCUT2D eigenvalue weighted by Gasteiger charge is -1.85. The van der Waals surface area contributed by atoms with Gasteiger partial charge in [0.1, 0.15) is 5.82 Å². The van der Waals surface area contributed by atoms with E-state index in [-0.39, 0.29) is 5.84 Å². The maximum atomic E-state index is 6.98. The highest BCUT2D eigenvalue weighted by molar-refractivity contribution is 5.90. The van der Waals surface area contributed by atoms with E-state index in [9.17, 15) is 0 Å². The predicted molar refractivity (Wildman–Crippen MR) is 36.8 cm³/mol. The van der Waals surface area contributed by atoms with Crippen molar-refractivity contribution in [2.24, 2.45) is 12.8 Å². The number of rotatable bonds is 1. The van der Waals surface area contributed by atoms with Crippen molar-refractivity contribution in [3.05, 3.63) is 11.6 Å². The van der Waals surface area contributed by atoms with E-state index in [4.69, 9.17) is 11.1 Å². The molecular formula is C5H9N5. The summed E-state index contributed by atoms with van der Waals surface area (Å²) in [4.78, 5) is 3.91. The first-order valence-corrected chi connectivity index (χ1v) is 2.83. The van der Waals surface area contributed by atoms with Gasteiger partial charge in [0.15, 0.2) is 5.84 Å². The number of aryl methyl sites for hydroxylation is 2. The van der Waals surface area contributed by atoms with Crippen molar-refractivity contribution < 1.29 is 0 Å². The Morgan fingerprint density at radius 2 is 2.30 bits per heavy atom. The molecule has 0 saturated heterocycles. The molecule has 5 nitrogen and oxygen atoms in total. The maximum absolute atomic E-state index is 6.98. The van der Waals surface area contributed by atoms with Crippen LogP contribution < -0.4 is 5.73 Å². The van der Waals surface area contributed by atoms with E-state index in [0.29, 0.717) is 5.82 Å². The molecule has 0 atom stereocenters. The molecule has 54 valence electrons. The van der Waals surface area contributed by atoms with Crippen molar-refractivity contribution in [3.8, 4) is 0 Å². The van der Waals surface area contributed by atoms with Gasteiger partial charge in [0.25, 0.3) is 0 Å². The van der Waals surface area contributed by atoms with Crippen LogP contribution in [0.25, 0.3) is 0 Å². The largest absolute Gasteiger partial charge is 0.381 e. The molecule has 1 aromatic heterocycles. The second-order valence-electron chi connectivity index (χ2n) is 2.02. The smallest absolute Gasteiger partial charge is 0.216 e. The quantitative estimate of drug-likeness (QED) is 0.403. The Kier molecular flexibility index (Phi) is 1.41. The number of nitrogens with zero attached hydrogens (tertiary/aromatic N) is 3. The Morgan fingerprint density at radius 1 is 1.70 bits per heavy atom. The number of hydrogen-bond acceptors (Lipinski definition) is 3. The molecule has 1 heterocycles. The lowest BCUT2D eigenvalue weighted by molar-refractivity contribution is 0.732. The normalized spacial score (nSPS) is 9.80. The van der Waals surface area contributed by atoms with Gasteiger partial charge in [-0.1, -0.05) is 0 Å². The summed E-state index contributed by atoms with van der Waals surface area (Å²) >= 11 is 0. The summed E-state index contributed by atoms with van der Waals surface area (Å²) in [6.07, 6.45) is 0. The summed E-state index contributed by atoms with van der Waals surface area (Å²) in [6.45, 7) is 1.80. The summed E-state index contributed by atoms with van der Waals surface area (Å²) in [5.74, 6) is 0.953. The Bertz CT molecular complexity index is 242. The van der Waals surface area contributed by atoms with Crippen LogP contribution in [0.2, 0.25) is 0 Å². The molecule has 0 spiro atoms. The molecular weight excluding hydrogens is 130 g/mol. The van der Waals surface area contributed by atoms with Gasteiger partial charge in [-0.25, -0.2) is 4.98 Å². The van der Waals surface area contributed by atoms with Crippen molar-refractivity contribution in [3.63, 3.8) is 0 Å². The zero-order valence-electron chi connectivity index (χ0n) is 5.92. The van der Waals surface area contributed by atoms with E-state index in [1.165, 1.54) is 0 Å². The molecule has 0 aliphatic heterocycles. The van der Waals surface area contributed by atoms with Gasteiger partial charge >= 0.3 is 0 Å². The Balaban J connectivity index is 3.10. The SMILES string of the molecule is Cc1nc(C(=N)N)nn1C. The molecule has 0 radical (unpaired) electrons. The summed E-state index contributed by atoms with van der Waals surface area (Å²) in [7, 11) is 1.76. The van der Waals surface area contributed by atoms with Crippen LogP contribution in [-0.2, 0) is 7.05 Å². The average Bonchev–Trinajstić information content (AvgIpc) is 2.13. The minimum absolute atomic E-state index is 0.0938. The zero-order valence-corrected chi connectivity index (χ0v) is 5.92. The minimum atomic E-state index is -0.0938. The first-order chi connectivity index (χ1) is 4.61. The van der Waals surface area contributed by atoms with E-state index in [1.54, 1.807) is 18.7 Å². The molecule has 1 aromatic rings. The van der Waals surface area contributed by atoms with Gasteiger partial charge in [-0.05, 0) is 6.92 Å². The summed E-state index contributed by atoms with van der Waals surface area (Å²) in [5, 5.41) is 10.9. The van der Waals surface area contributed by atoms with Crippen LogP contribution in [0.5, 0.6) is 0 Å². The van der Waals surface area contributed by atoms with E-state index in [1.807, 2.05) is 0 Å². The first-order valence-electron chi connectivity index (χ1n) is 2.83. The van der Waals surface area contributed by atoms with Gasteiger partial charge < -0.3 is 5.73 Å². The molecule has 5 heteroatoms. The minimum Gasteiger partial charge on any atom is -0.381 e. The van der Waals surface area contributed by atoms with Gasteiger partial charge in [0.05, 0.1) is 0 Å². The fourth-order valence-electron chi connectivity index (χ4n) is 0.577. The van der Waals surface area contributed by atoms with Crippen LogP contribution >= 0.6 is 0 Å². The highest BCUT2D eigenvalue weighted by atomic mass is 15.3. The van der Waals surface area contributed by atoms with Gasteiger partial charge in [-0.2, -0.15) is 0 Å². The Labute approximate surface area is 58.4 Å². The second-order valence-corrected chi connectivity index (χ2v) is 2.02. The lowest BCUT2D eigenvalue weighted by Crippen LogP contribution is -2.13. The van der Waals surface area contributed by atoms with Gasteiger partial charge in [0.2, 0.25) is 5.82 Å². The molecule has 0 saturated carbocycles. The molecule has 0 aromatic carbocycles. The summed E-state index contributed by atoms with van der Waals surface area (Å²) in [5.41, 5.74) is 5.14. The number of hydrogen-bond donors (Lipinski definition) is 2. The van der Waals surface area contributed by atoms with Crippen LogP contribution in [0.3, 0.4) is 0 Å². The standard InChI is InChI=1S/C5H9N5/c1-3-8-5(4(6)7)9-10(3)2/h1-2H3,(H3,6,7). The lowest BCUT2D eigenvalue weighted by atomic mass is 10.6. The third-order valence-corrected chi connectivity index (χ3v) is 1.22. The molecule has 0 aliphatic carbocycles. The average molecular weight is 139 g/mol. The van der Waals surface area contributed by atoms with Crippen LogP contribution in [-0.4, -0.2) is 20.6 Å². The number of nitrogens with two attached hydrogens (primary N) is 1. The van der Waals surface area contributed by atoms with Crippen LogP contribution in [0.4, 0.5) is 0 Å². The first kappa shape index (κ1) is 6.73. The number of amidine groups is 1. The molecule has 3 N–H and O–H groups in total. The third kappa shape index (κ3) is 0.975. The van der Waals surface area contributed by atoms with Crippen molar-refractivity contribution in [1.82, 2.24) is 14.8 Å². The fourth-order valence-corrected chi connectivity index (χ4v) is 0.577. The number of nitrogen functional groups attached to an aromatic ring is 1. The van der Waals surface area contributed by atoms with E-state index in [2.05, 4.69) is 10.1 Å². The van der Waals surface area contributed by atoms with Crippen LogP contribution in [0.1, 0.15) is 11.6 Å². The third-order valence-electron chi connectivity index (χ3n) is 1.22. The Hall–Kier alpha value is -1.39. The molecule has 10 heavy (non-hydrogen) atoms. The molecule has 0 bridgehead atoms. The van der Waals surface area contributed by atoms with Crippen molar-refractivity contribution in [1.29, 1.82) is 5.41 Å². The molecule has 0 fully saturated rings. The van der Waals surface area contributed by atoms with Gasteiger partial charge in [0, 0.05) is 7.05 Å². The van der Waals surface area contributed by atoms with Crippen LogP contribution in [0.15, 0.2) is 0 Å². The van der Waals surface area contributed by atoms with Crippen molar-refractivity contribution >= 4 is 5.84 Å². The zero-order chi connectivity index (χ0) is 7.72. The Morgan fingerprint density at radius 3 is 2.50 bits per heavy atom. The van der Waals surface area contributed by atoms with Gasteiger partial charge in [-0.3, -0.25) is 10.1 Å². The van der Waals surface area contributed by atoms with Crippen LogP contribution in [0, 0.1) is 12.3 Å². The molecule has 0 aliphatic rings. The molecule has 0 amide bonds. The van der Waals surface area contributed by atoms with E-state index >= 15 is 0 Å². The monoisotopic (exact) mass is 139 g/mol. The second kappa shape index (κ2) is 2.09. The van der Waals surface area contributed by atoms with E-state index < -0.39 is 0 Å². The predicted octanol–water partition coefficient (Wildman–Crippen LogP) is -0.592. The van der Waals surface area contributed by atoms with Gasteiger partial charge in [-0.15, -0.1) is 5.10 Å². The fraction of sp³-hybridized carbons (Fsp3) is 0.400. The van der Waals surface area contributed by atoms with E-state index in [0.717, 1.165) is 5.82 Å².